The molecule has 0 aliphatic heterocycles. The first-order valence-electron chi connectivity index (χ1n) is 4.32. The number of aromatic nitrogens is 2. The Balaban J connectivity index is 2.56. The number of aryl methyl sites for hydroxylation is 1. The maximum Gasteiger partial charge on any atom is 0.103 e. The number of nitrogens with one attached hydrogen (secondary N) is 1. The second-order valence-corrected chi connectivity index (χ2v) is 3.14. The largest absolute Gasteiger partial charge is 0.276 e. The summed E-state index contributed by atoms with van der Waals surface area (Å²) >= 11 is 0. The molecule has 1 aromatic carbocycles. The summed E-state index contributed by atoms with van der Waals surface area (Å²) in [6, 6.07) is 10.1. The lowest BCUT2D eigenvalue weighted by atomic mass is 10.1. The summed E-state index contributed by atoms with van der Waals surface area (Å²) < 4.78 is 0. The highest BCUT2D eigenvalue weighted by molar-refractivity contribution is 5.66. The highest BCUT2D eigenvalue weighted by Crippen LogP contribution is 2.20. The van der Waals surface area contributed by atoms with Gasteiger partial charge in [-0.05, 0) is 13.0 Å². The average Bonchev–Trinajstić information content (AvgIpc) is 2.65. The molecule has 1 aromatic heterocycles. The first-order valence-corrected chi connectivity index (χ1v) is 4.32. The van der Waals surface area contributed by atoms with Gasteiger partial charge in [-0.3, -0.25) is 5.10 Å². The Kier molecular flexibility index (Phi) is 2.04. The third-order valence-corrected chi connectivity index (χ3v) is 2.07. The molecule has 2 aromatic rings. The van der Waals surface area contributed by atoms with Crippen LogP contribution in [0.5, 0.6) is 0 Å². The minimum Gasteiger partial charge on any atom is -0.276 e. The van der Waals surface area contributed by atoms with Crippen LogP contribution in [0.25, 0.3) is 11.3 Å². The van der Waals surface area contributed by atoms with E-state index in [0.29, 0.717) is 5.56 Å². The van der Waals surface area contributed by atoms with E-state index in [-0.39, 0.29) is 0 Å². The zero-order valence-electron chi connectivity index (χ0n) is 7.78. The molecular weight excluding hydrogens is 174 g/mol. The fourth-order valence-electron chi connectivity index (χ4n) is 1.39. The molecule has 1 N–H and O–H groups in total. The summed E-state index contributed by atoms with van der Waals surface area (Å²) in [5.74, 6) is 0. The van der Waals surface area contributed by atoms with E-state index < -0.39 is 0 Å². The molecule has 14 heavy (non-hydrogen) atoms. The first kappa shape index (κ1) is 8.52. The molecule has 0 bridgehead atoms. The number of hydrogen-bond acceptors (Lipinski definition) is 2. The molecule has 0 radical (unpaired) electrons. The third-order valence-electron chi connectivity index (χ3n) is 2.07. The Morgan fingerprint density at radius 1 is 1.43 bits per heavy atom. The van der Waals surface area contributed by atoms with Crippen molar-refractivity contribution < 1.29 is 0 Å². The molecule has 1 heterocycles. The van der Waals surface area contributed by atoms with Crippen LogP contribution >= 0.6 is 0 Å². The van der Waals surface area contributed by atoms with Gasteiger partial charge in [0.05, 0.1) is 17.5 Å². The standard InChI is InChI=1S/C11H9N3/c1-8-3-2-4-9(5-8)11-10(6-12)7-13-14-11/h2-5,7H,1H3,(H,13,14). The van der Waals surface area contributed by atoms with Crippen molar-refractivity contribution in [2.75, 3.05) is 0 Å². The van der Waals surface area contributed by atoms with E-state index in [0.717, 1.165) is 11.3 Å². The normalized spacial score (nSPS) is 9.71. The molecule has 0 amide bonds. The van der Waals surface area contributed by atoms with Gasteiger partial charge in [-0.15, -0.1) is 0 Å². The van der Waals surface area contributed by atoms with Crippen molar-refractivity contribution in [2.24, 2.45) is 0 Å². The average molecular weight is 183 g/mol. The quantitative estimate of drug-likeness (QED) is 0.737. The maximum absolute atomic E-state index is 8.83. The summed E-state index contributed by atoms with van der Waals surface area (Å²) in [5, 5.41) is 15.5. The van der Waals surface area contributed by atoms with Crippen LogP contribution in [-0.2, 0) is 0 Å². The van der Waals surface area contributed by atoms with Crippen LogP contribution < -0.4 is 0 Å². The van der Waals surface area contributed by atoms with Gasteiger partial charge in [0.15, 0.2) is 0 Å². The number of aromatic amines is 1. The van der Waals surface area contributed by atoms with Crippen LogP contribution in [0.3, 0.4) is 0 Å². The van der Waals surface area contributed by atoms with Crippen LogP contribution in [0, 0.1) is 18.3 Å². The van der Waals surface area contributed by atoms with E-state index in [2.05, 4.69) is 16.3 Å². The Morgan fingerprint density at radius 2 is 2.29 bits per heavy atom. The third kappa shape index (κ3) is 1.38. The maximum atomic E-state index is 8.83. The Labute approximate surface area is 82.0 Å². The van der Waals surface area contributed by atoms with E-state index in [1.165, 1.54) is 11.8 Å². The molecule has 0 aliphatic carbocycles. The van der Waals surface area contributed by atoms with Gasteiger partial charge in [-0.25, -0.2) is 0 Å². The van der Waals surface area contributed by atoms with Gasteiger partial charge in [0, 0.05) is 5.56 Å². The second-order valence-electron chi connectivity index (χ2n) is 3.14. The lowest BCUT2D eigenvalue weighted by Gasteiger charge is -1.99. The molecule has 0 atom stereocenters. The number of hydrogen-bond donors (Lipinski definition) is 1. The second kappa shape index (κ2) is 3.35. The van der Waals surface area contributed by atoms with Crippen molar-refractivity contribution in [1.82, 2.24) is 10.2 Å². The van der Waals surface area contributed by atoms with E-state index in [9.17, 15) is 0 Å². The minimum absolute atomic E-state index is 0.579. The number of rotatable bonds is 1. The van der Waals surface area contributed by atoms with E-state index in [1.54, 1.807) is 0 Å². The molecule has 0 aliphatic rings. The van der Waals surface area contributed by atoms with E-state index in [4.69, 9.17) is 5.26 Å². The van der Waals surface area contributed by atoms with Crippen molar-refractivity contribution in [2.45, 2.75) is 6.92 Å². The molecule has 68 valence electrons. The summed E-state index contributed by atoms with van der Waals surface area (Å²) in [4.78, 5) is 0. The monoisotopic (exact) mass is 183 g/mol. The zero-order chi connectivity index (χ0) is 9.97. The zero-order valence-corrected chi connectivity index (χ0v) is 7.78. The molecule has 3 heteroatoms. The van der Waals surface area contributed by atoms with Crippen molar-refractivity contribution in [3.8, 4) is 17.3 Å². The lowest BCUT2D eigenvalue weighted by molar-refractivity contribution is 1.09. The Hall–Kier alpha value is -2.08. The number of benzene rings is 1. The van der Waals surface area contributed by atoms with Gasteiger partial charge < -0.3 is 0 Å². The first-order chi connectivity index (χ1) is 6.81. The van der Waals surface area contributed by atoms with Crippen molar-refractivity contribution >= 4 is 0 Å². The molecule has 0 unspecified atom stereocenters. The molecule has 0 fully saturated rings. The Bertz CT molecular complexity index is 491. The fourth-order valence-corrected chi connectivity index (χ4v) is 1.39. The highest BCUT2D eigenvalue weighted by atomic mass is 15.1. The predicted octanol–water partition coefficient (Wildman–Crippen LogP) is 2.26. The summed E-state index contributed by atoms with van der Waals surface area (Å²) in [5.41, 5.74) is 3.53. The topological polar surface area (TPSA) is 52.5 Å². The molecule has 0 spiro atoms. The lowest BCUT2D eigenvalue weighted by Crippen LogP contribution is -1.82. The van der Waals surface area contributed by atoms with Crippen molar-refractivity contribution in [3.63, 3.8) is 0 Å². The number of nitrogens with zero attached hydrogens (tertiary/aromatic N) is 2. The van der Waals surface area contributed by atoms with Crippen molar-refractivity contribution in [1.29, 1.82) is 5.26 Å². The molecular formula is C11H9N3. The summed E-state index contributed by atoms with van der Waals surface area (Å²) in [7, 11) is 0. The highest BCUT2D eigenvalue weighted by Gasteiger charge is 2.06. The smallest absolute Gasteiger partial charge is 0.103 e. The van der Waals surface area contributed by atoms with E-state index in [1.807, 2.05) is 31.2 Å². The molecule has 3 nitrogen and oxygen atoms in total. The van der Waals surface area contributed by atoms with Gasteiger partial charge in [0.1, 0.15) is 6.07 Å². The van der Waals surface area contributed by atoms with Gasteiger partial charge in [0.2, 0.25) is 0 Å². The number of H-pyrrole nitrogens is 1. The summed E-state index contributed by atoms with van der Waals surface area (Å²) in [6.07, 6.45) is 1.54. The van der Waals surface area contributed by atoms with Crippen LogP contribution in [0.15, 0.2) is 30.5 Å². The van der Waals surface area contributed by atoms with Crippen molar-refractivity contribution in [3.05, 3.63) is 41.6 Å². The minimum atomic E-state index is 0.579. The molecule has 0 saturated heterocycles. The summed E-state index contributed by atoms with van der Waals surface area (Å²) in [6.45, 7) is 2.02. The van der Waals surface area contributed by atoms with Crippen LogP contribution in [0.2, 0.25) is 0 Å². The van der Waals surface area contributed by atoms with Gasteiger partial charge in [-0.2, -0.15) is 10.4 Å². The van der Waals surface area contributed by atoms with E-state index >= 15 is 0 Å². The van der Waals surface area contributed by atoms with Crippen LogP contribution in [0.1, 0.15) is 11.1 Å². The van der Waals surface area contributed by atoms with Gasteiger partial charge in [0.25, 0.3) is 0 Å². The Morgan fingerprint density at radius 3 is 3.00 bits per heavy atom. The SMILES string of the molecule is Cc1cccc(-c2[nH]ncc2C#N)c1. The van der Waals surface area contributed by atoms with Crippen LogP contribution in [-0.4, -0.2) is 10.2 Å². The van der Waals surface area contributed by atoms with Gasteiger partial charge >= 0.3 is 0 Å². The van der Waals surface area contributed by atoms with Gasteiger partial charge in [-0.1, -0.05) is 23.8 Å². The molecule has 0 saturated carbocycles. The number of nitriles is 1. The fraction of sp³-hybridized carbons (Fsp3) is 0.0909. The van der Waals surface area contributed by atoms with Crippen LogP contribution in [0.4, 0.5) is 0 Å². The molecule has 2 rings (SSSR count). The predicted molar refractivity (Wildman–Crippen MR) is 53.5 cm³/mol.